The second-order valence-electron chi connectivity index (χ2n) is 3.56. The fraction of sp³-hybridized carbons (Fsp3) is 0.500. The van der Waals surface area contributed by atoms with Crippen molar-refractivity contribution in [3.05, 3.63) is 29.1 Å². The topological polar surface area (TPSA) is 38.9 Å². The van der Waals surface area contributed by atoms with Crippen molar-refractivity contribution in [2.24, 2.45) is 5.73 Å². The summed E-state index contributed by atoms with van der Waals surface area (Å²) in [6.45, 7) is 2.03. The lowest BCUT2D eigenvalue weighted by Crippen LogP contribution is -2.28. The molecule has 2 nitrogen and oxygen atoms in total. The highest BCUT2D eigenvalue weighted by Gasteiger charge is 2.15. The van der Waals surface area contributed by atoms with Crippen molar-refractivity contribution in [1.29, 1.82) is 0 Å². The Bertz CT molecular complexity index is 294. The van der Waals surface area contributed by atoms with Gasteiger partial charge in [0.25, 0.3) is 0 Å². The second-order valence-corrected chi connectivity index (χ2v) is 3.56. The Morgan fingerprint density at radius 1 is 1.50 bits per heavy atom. The third-order valence-electron chi connectivity index (χ3n) is 2.45. The van der Waals surface area contributed by atoms with E-state index in [0.29, 0.717) is 6.04 Å². The van der Waals surface area contributed by atoms with Gasteiger partial charge in [0.2, 0.25) is 0 Å². The molecule has 2 N–H and O–H groups in total. The molecule has 1 unspecified atom stereocenters. The van der Waals surface area contributed by atoms with E-state index >= 15 is 0 Å². The molecule has 12 heavy (non-hydrogen) atoms. The van der Waals surface area contributed by atoms with E-state index in [9.17, 15) is 0 Å². The van der Waals surface area contributed by atoms with E-state index in [1.807, 2.05) is 6.92 Å². The average Bonchev–Trinajstić information content (AvgIpc) is 2.03. The van der Waals surface area contributed by atoms with Gasteiger partial charge in [-0.3, -0.25) is 4.98 Å². The maximum Gasteiger partial charge on any atom is 0.0454 e. The summed E-state index contributed by atoms with van der Waals surface area (Å²) in [4.78, 5) is 4.48. The summed E-state index contributed by atoms with van der Waals surface area (Å²) in [6.07, 6.45) is 3.17. The van der Waals surface area contributed by atoms with Gasteiger partial charge in [-0.15, -0.1) is 0 Å². The van der Waals surface area contributed by atoms with Crippen molar-refractivity contribution in [2.75, 3.05) is 0 Å². The number of hydrogen-bond acceptors (Lipinski definition) is 2. The lowest BCUT2D eigenvalue weighted by atomic mass is 9.92. The van der Waals surface area contributed by atoms with Crippen LogP contribution in [0.3, 0.4) is 0 Å². The van der Waals surface area contributed by atoms with Crippen LogP contribution in [-0.4, -0.2) is 11.0 Å². The number of aryl methyl sites for hydroxylation is 2. The molecule has 0 amide bonds. The van der Waals surface area contributed by atoms with Gasteiger partial charge in [-0.1, -0.05) is 6.07 Å². The zero-order valence-electron chi connectivity index (χ0n) is 7.38. The summed E-state index contributed by atoms with van der Waals surface area (Å²) in [5, 5.41) is 0. The van der Waals surface area contributed by atoms with Crippen LogP contribution in [0.15, 0.2) is 12.1 Å². The van der Waals surface area contributed by atoms with Gasteiger partial charge in [0, 0.05) is 23.9 Å². The smallest absolute Gasteiger partial charge is 0.0454 e. The Balaban J connectivity index is 2.37. The van der Waals surface area contributed by atoms with E-state index in [4.69, 9.17) is 5.73 Å². The zero-order chi connectivity index (χ0) is 8.55. The SMILES string of the molecule is Cc1ccc2c(n1)CC(N)CC2. The number of nitrogens with zero attached hydrogens (tertiary/aromatic N) is 1. The zero-order valence-corrected chi connectivity index (χ0v) is 7.38. The summed E-state index contributed by atoms with van der Waals surface area (Å²) in [7, 11) is 0. The highest BCUT2D eigenvalue weighted by molar-refractivity contribution is 5.26. The van der Waals surface area contributed by atoms with Gasteiger partial charge in [-0.25, -0.2) is 0 Å². The molecule has 1 atom stereocenters. The Morgan fingerprint density at radius 2 is 2.33 bits per heavy atom. The number of rotatable bonds is 0. The molecule has 0 aromatic carbocycles. The van der Waals surface area contributed by atoms with Crippen molar-refractivity contribution >= 4 is 0 Å². The number of hydrogen-bond donors (Lipinski definition) is 1. The van der Waals surface area contributed by atoms with E-state index in [1.165, 1.54) is 11.3 Å². The van der Waals surface area contributed by atoms with Crippen molar-refractivity contribution in [2.45, 2.75) is 32.2 Å². The predicted molar refractivity (Wildman–Crippen MR) is 49.0 cm³/mol. The summed E-state index contributed by atoms with van der Waals surface area (Å²) in [5.41, 5.74) is 9.57. The number of nitrogens with two attached hydrogens (primary N) is 1. The Kier molecular flexibility index (Phi) is 1.85. The third kappa shape index (κ3) is 1.34. The van der Waals surface area contributed by atoms with Crippen molar-refractivity contribution in [3.8, 4) is 0 Å². The summed E-state index contributed by atoms with van der Waals surface area (Å²) >= 11 is 0. The van der Waals surface area contributed by atoms with Crippen LogP contribution in [0.5, 0.6) is 0 Å². The molecule has 2 rings (SSSR count). The van der Waals surface area contributed by atoms with Crippen LogP contribution in [-0.2, 0) is 12.8 Å². The molecule has 1 heterocycles. The van der Waals surface area contributed by atoms with Crippen LogP contribution in [0.1, 0.15) is 23.4 Å². The van der Waals surface area contributed by atoms with Gasteiger partial charge in [-0.05, 0) is 31.4 Å². The van der Waals surface area contributed by atoms with Crippen molar-refractivity contribution < 1.29 is 0 Å². The van der Waals surface area contributed by atoms with Gasteiger partial charge < -0.3 is 5.73 Å². The average molecular weight is 162 g/mol. The molecule has 1 aromatic heterocycles. The second kappa shape index (κ2) is 2.87. The largest absolute Gasteiger partial charge is 0.327 e. The molecular weight excluding hydrogens is 148 g/mol. The quantitative estimate of drug-likeness (QED) is 0.622. The molecule has 1 aliphatic carbocycles. The van der Waals surface area contributed by atoms with Gasteiger partial charge in [0.15, 0.2) is 0 Å². The maximum absolute atomic E-state index is 5.86. The summed E-state index contributed by atoms with van der Waals surface area (Å²) < 4.78 is 0. The predicted octanol–water partition coefficient (Wildman–Crippen LogP) is 1.21. The first-order valence-corrected chi connectivity index (χ1v) is 4.46. The first kappa shape index (κ1) is 7.74. The lowest BCUT2D eigenvalue weighted by Gasteiger charge is -2.20. The molecule has 2 heteroatoms. The molecule has 0 saturated heterocycles. The maximum atomic E-state index is 5.86. The lowest BCUT2D eigenvalue weighted by molar-refractivity contribution is 0.564. The van der Waals surface area contributed by atoms with Crippen LogP contribution in [0, 0.1) is 6.92 Å². The minimum Gasteiger partial charge on any atom is -0.327 e. The molecule has 64 valence electrons. The highest BCUT2D eigenvalue weighted by Crippen LogP contribution is 2.18. The van der Waals surface area contributed by atoms with E-state index in [-0.39, 0.29) is 0 Å². The first-order chi connectivity index (χ1) is 5.75. The minimum atomic E-state index is 0.326. The van der Waals surface area contributed by atoms with Crippen LogP contribution in [0.2, 0.25) is 0 Å². The first-order valence-electron chi connectivity index (χ1n) is 4.46. The van der Waals surface area contributed by atoms with Crippen LogP contribution in [0.25, 0.3) is 0 Å². The van der Waals surface area contributed by atoms with Gasteiger partial charge in [0.05, 0.1) is 0 Å². The Morgan fingerprint density at radius 3 is 3.17 bits per heavy atom. The van der Waals surface area contributed by atoms with Crippen LogP contribution >= 0.6 is 0 Å². The van der Waals surface area contributed by atoms with E-state index in [0.717, 1.165) is 25.0 Å². The number of pyridine rings is 1. The molecule has 1 aliphatic rings. The van der Waals surface area contributed by atoms with E-state index < -0.39 is 0 Å². The fourth-order valence-corrected chi connectivity index (χ4v) is 1.74. The van der Waals surface area contributed by atoms with Gasteiger partial charge >= 0.3 is 0 Å². The Labute approximate surface area is 72.8 Å². The fourth-order valence-electron chi connectivity index (χ4n) is 1.74. The normalized spacial score (nSPS) is 22.0. The molecule has 0 fully saturated rings. The summed E-state index contributed by atoms with van der Waals surface area (Å²) in [5.74, 6) is 0. The van der Waals surface area contributed by atoms with Crippen molar-refractivity contribution in [1.82, 2.24) is 4.98 Å². The molecule has 0 saturated carbocycles. The molecule has 0 spiro atoms. The number of aromatic nitrogens is 1. The number of fused-ring (bicyclic) bond motifs is 1. The van der Waals surface area contributed by atoms with Crippen molar-refractivity contribution in [3.63, 3.8) is 0 Å². The molecule has 0 bridgehead atoms. The van der Waals surface area contributed by atoms with Crippen LogP contribution < -0.4 is 5.73 Å². The Hall–Kier alpha value is -0.890. The molecule has 0 radical (unpaired) electrons. The molecular formula is C10H14N2. The molecule has 1 aromatic rings. The van der Waals surface area contributed by atoms with E-state index in [1.54, 1.807) is 0 Å². The standard InChI is InChI=1S/C10H14N2/c1-7-2-3-8-4-5-9(11)6-10(8)12-7/h2-3,9H,4-6,11H2,1H3. The minimum absolute atomic E-state index is 0.326. The third-order valence-corrected chi connectivity index (χ3v) is 2.45. The highest BCUT2D eigenvalue weighted by atomic mass is 14.7. The summed E-state index contributed by atoms with van der Waals surface area (Å²) in [6, 6.07) is 4.59. The molecule has 0 aliphatic heterocycles. The van der Waals surface area contributed by atoms with Gasteiger partial charge in [0.1, 0.15) is 0 Å². The van der Waals surface area contributed by atoms with Crippen LogP contribution in [0.4, 0.5) is 0 Å². The van der Waals surface area contributed by atoms with E-state index in [2.05, 4.69) is 17.1 Å². The van der Waals surface area contributed by atoms with Gasteiger partial charge in [-0.2, -0.15) is 0 Å². The monoisotopic (exact) mass is 162 g/mol.